The Bertz CT molecular complexity index is 642. The van der Waals surface area contributed by atoms with E-state index in [0.717, 1.165) is 24.3 Å². The third-order valence-corrected chi connectivity index (χ3v) is 4.00. The second kappa shape index (κ2) is 5.35. The lowest BCUT2D eigenvalue weighted by molar-refractivity contribution is 0.412. The minimum atomic E-state index is 0.0890. The molecule has 104 valence electrons. The molecule has 0 saturated heterocycles. The number of rotatable bonds is 2. The molecule has 0 amide bonds. The number of halogens is 1. The zero-order valence-corrected chi connectivity index (χ0v) is 12.1. The molecule has 0 saturated carbocycles. The number of hydrogen-bond donors (Lipinski definition) is 2. The highest BCUT2D eigenvalue weighted by atomic mass is 35.5. The molecule has 20 heavy (non-hydrogen) atoms. The van der Waals surface area contributed by atoms with E-state index in [0.29, 0.717) is 10.7 Å². The average Bonchev–Trinajstić information content (AvgIpc) is 2.46. The van der Waals surface area contributed by atoms with Gasteiger partial charge in [-0.25, -0.2) is 0 Å². The molecule has 0 aliphatic carbocycles. The van der Waals surface area contributed by atoms with Crippen LogP contribution < -0.4 is 15.8 Å². The van der Waals surface area contributed by atoms with Crippen LogP contribution >= 0.6 is 11.6 Å². The molecule has 0 aromatic heterocycles. The van der Waals surface area contributed by atoms with E-state index in [2.05, 4.69) is 17.4 Å². The molecule has 0 radical (unpaired) electrons. The fraction of sp³-hybridized carbons (Fsp3) is 0.250. The average molecular weight is 289 g/mol. The number of benzene rings is 2. The predicted octanol–water partition coefficient (Wildman–Crippen LogP) is 3.17. The molecule has 2 aromatic rings. The summed E-state index contributed by atoms with van der Waals surface area (Å²) in [6, 6.07) is 12.0. The monoisotopic (exact) mass is 288 g/mol. The van der Waals surface area contributed by atoms with Crippen LogP contribution in [0.15, 0.2) is 36.4 Å². The van der Waals surface area contributed by atoms with Crippen molar-refractivity contribution in [3.05, 3.63) is 58.1 Å². The SMILES string of the molecule is COc1ccc2c(c1)C(c1ccc(Cl)cc1N)NCC2. The topological polar surface area (TPSA) is 47.3 Å². The molecule has 3 N–H and O–H groups in total. The summed E-state index contributed by atoms with van der Waals surface area (Å²) in [5.41, 5.74) is 10.5. The fourth-order valence-electron chi connectivity index (χ4n) is 2.74. The van der Waals surface area contributed by atoms with Gasteiger partial charge in [0.25, 0.3) is 0 Å². The molecule has 2 aromatic carbocycles. The molecule has 3 rings (SSSR count). The van der Waals surface area contributed by atoms with Crippen molar-refractivity contribution in [3.63, 3.8) is 0 Å². The van der Waals surface area contributed by atoms with Crippen LogP contribution in [-0.4, -0.2) is 13.7 Å². The summed E-state index contributed by atoms with van der Waals surface area (Å²) in [5.74, 6) is 0.866. The predicted molar refractivity (Wildman–Crippen MR) is 82.4 cm³/mol. The van der Waals surface area contributed by atoms with E-state index in [9.17, 15) is 0 Å². The van der Waals surface area contributed by atoms with Crippen molar-refractivity contribution in [2.24, 2.45) is 0 Å². The number of anilines is 1. The van der Waals surface area contributed by atoms with Gasteiger partial charge < -0.3 is 15.8 Å². The highest BCUT2D eigenvalue weighted by Crippen LogP contribution is 2.34. The molecule has 0 fully saturated rings. The van der Waals surface area contributed by atoms with E-state index >= 15 is 0 Å². The maximum absolute atomic E-state index is 6.12. The molecule has 1 atom stereocenters. The molecule has 4 heteroatoms. The van der Waals surface area contributed by atoms with E-state index in [1.165, 1.54) is 11.1 Å². The summed E-state index contributed by atoms with van der Waals surface area (Å²) in [5, 5.41) is 4.18. The maximum Gasteiger partial charge on any atom is 0.119 e. The normalized spacial score (nSPS) is 17.6. The summed E-state index contributed by atoms with van der Waals surface area (Å²) >= 11 is 5.98. The van der Waals surface area contributed by atoms with Gasteiger partial charge in [-0.1, -0.05) is 23.7 Å². The van der Waals surface area contributed by atoms with Crippen LogP contribution in [0, 0.1) is 0 Å². The van der Waals surface area contributed by atoms with Crippen molar-refractivity contribution in [2.75, 3.05) is 19.4 Å². The second-order valence-electron chi connectivity index (χ2n) is 4.98. The first-order valence-corrected chi connectivity index (χ1v) is 7.02. The van der Waals surface area contributed by atoms with Crippen molar-refractivity contribution < 1.29 is 4.74 Å². The fourth-order valence-corrected chi connectivity index (χ4v) is 2.92. The minimum absolute atomic E-state index is 0.0890. The van der Waals surface area contributed by atoms with Crippen LogP contribution in [0.4, 0.5) is 5.69 Å². The molecule has 3 nitrogen and oxygen atoms in total. The number of nitrogens with one attached hydrogen (secondary N) is 1. The van der Waals surface area contributed by atoms with Gasteiger partial charge in [0.15, 0.2) is 0 Å². The van der Waals surface area contributed by atoms with E-state index in [-0.39, 0.29) is 6.04 Å². The maximum atomic E-state index is 6.12. The molecule has 1 aliphatic rings. The van der Waals surface area contributed by atoms with Gasteiger partial charge in [0.1, 0.15) is 5.75 Å². The Morgan fingerprint density at radius 1 is 1.20 bits per heavy atom. The Morgan fingerprint density at radius 2 is 2.05 bits per heavy atom. The van der Waals surface area contributed by atoms with Gasteiger partial charge in [-0.15, -0.1) is 0 Å². The Balaban J connectivity index is 2.08. The van der Waals surface area contributed by atoms with Crippen LogP contribution in [0.3, 0.4) is 0 Å². The van der Waals surface area contributed by atoms with Crippen LogP contribution in [0.5, 0.6) is 5.75 Å². The lowest BCUT2D eigenvalue weighted by atomic mass is 9.89. The molecule has 1 heterocycles. The molecular formula is C16H17ClN2O. The summed E-state index contributed by atoms with van der Waals surface area (Å²) in [7, 11) is 1.68. The summed E-state index contributed by atoms with van der Waals surface area (Å²) in [6.07, 6.45) is 1.02. The van der Waals surface area contributed by atoms with Gasteiger partial charge in [0.05, 0.1) is 13.2 Å². The van der Waals surface area contributed by atoms with E-state index in [1.54, 1.807) is 13.2 Å². The van der Waals surface area contributed by atoms with Crippen molar-refractivity contribution in [1.29, 1.82) is 0 Å². The summed E-state index contributed by atoms with van der Waals surface area (Å²) < 4.78 is 5.33. The summed E-state index contributed by atoms with van der Waals surface area (Å²) in [6.45, 7) is 0.937. The summed E-state index contributed by atoms with van der Waals surface area (Å²) in [4.78, 5) is 0. The van der Waals surface area contributed by atoms with Crippen molar-refractivity contribution in [2.45, 2.75) is 12.5 Å². The highest BCUT2D eigenvalue weighted by molar-refractivity contribution is 6.30. The third-order valence-electron chi connectivity index (χ3n) is 3.77. The largest absolute Gasteiger partial charge is 0.497 e. The van der Waals surface area contributed by atoms with Gasteiger partial charge in [0, 0.05) is 17.3 Å². The highest BCUT2D eigenvalue weighted by Gasteiger charge is 2.23. The molecule has 1 unspecified atom stereocenters. The zero-order chi connectivity index (χ0) is 14.1. The first-order valence-electron chi connectivity index (χ1n) is 6.64. The van der Waals surface area contributed by atoms with Crippen LogP contribution in [0.2, 0.25) is 5.02 Å². The Labute approximate surface area is 123 Å². The van der Waals surface area contributed by atoms with Gasteiger partial charge in [-0.3, -0.25) is 0 Å². The molecular weight excluding hydrogens is 272 g/mol. The standard InChI is InChI=1S/C16H17ClN2O/c1-20-12-4-2-10-6-7-19-16(14(10)9-12)13-5-3-11(17)8-15(13)18/h2-5,8-9,16,19H,6-7,18H2,1H3. The van der Waals surface area contributed by atoms with E-state index in [1.807, 2.05) is 18.2 Å². The minimum Gasteiger partial charge on any atom is -0.497 e. The second-order valence-corrected chi connectivity index (χ2v) is 5.41. The lowest BCUT2D eigenvalue weighted by Crippen LogP contribution is -2.31. The third kappa shape index (κ3) is 2.35. The van der Waals surface area contributed by atoms with Crippen LogP contribution in [-0.2, 0) is 6.42 Å². The van der Waals surface area contributed by atoms with Crippen molar-refractivity contribution in [1.82, 2.24) is 5.32 Å². The molecule has 0 bridgehead atoms. The smallest absolute Gasteiger partial charge is 0.119 e. The number of methoxy groups -OCH3 is 1. The number of ether oxygens (including phenoxy) is 1. The number of hydrogen-bond acceptors (Lipinski definition) is 3. The lowest BCUT2D eigenvalue weighted by Gasteiger charge is -2.28. The van der Waals surface area contributed by atoms with E-state index in [4.69, 9.17) is 22.1 Å². The van der Waals surface area contributed by atoms with Gasteiger partial charge >= 0.3 is 0 Å². The zero-order valence-electron chi connectivity index (χ0n) is 11.3. The molecule has 1 aliphatic heterocycles. The molecule has 0 spiro atoms. The Kier molecular flexibility index (Phi) is 3.55. The Morgan fingerprint density at radius 3 is 2.80 bits per heavy atom. The van der Waals surface area contributed by atoms with Crippen molar-refractivity contribution >= 4 is 17.3 Å². The number of nitrogens with two attached hydrogens (primary N) is 1. The first kappa shape index (κ1) is 13.3. The number of fused-ring (bicyclic) bond motifs is 1. The van der Waals surface area contributed by atoms with Gasteiger partial charge in [-0.2, -0.15) is 0 Å². The van der Waals surface area contributed by atoms with E-state index < -0.39 is 0 Å². The van der Waals surface area contributed by atoms with Gasteiger partial charge in [0.2, 0.25) is 0 Å². The van der Waals surface area contributed by atoms with Crippen molar-refractivity contribution in [3.8, 4) is 5.75 Å². The Hall–Kier alpha value is -1.71. The van der Waals surface area contributed by atoms with Crippen LogP contribution in [0.1, 0.15) is 22.7 Å². The number of nitrogen functional groups attached to an aromatic ring is 1. The van der Waals surface area contributed by atoms with Gasteiger partial charge in [-0.05, 0) is 47.4 Å². The van der Waals surface area contributed by atoms with Crippen LogP contribution in [0.25, 0.3) is 0 Å². The quantitative estimate of drug-likeness (QED) is 0.835. The first-order chi connectivity index (χ1) is 9.69.